The van der Waals surface area contributed by atoms with E-state index in [0.717, 1.165) is 11.8 Å². The summed E-state index contributed by atoms with van der Waals surface area (Å²) in [5, 5.41) is 9.10. The van der Waals surface area contributed by atoms with Gasteiger partial charge in [0.15, 0.2) is 5.16 Å². The molecule has 0 fully saturated rings. The summed E-state index contributed by atoms with van der Waals surface area (Å²) in [6, 6.07) is 1.65. The lowest BCUT2D eigenvalue weighted by molar-refractivity contribution is -0.136. The van der Waals surface area contributed by atoms with E-state index < -0.39 is 18.6 Å². The molecule has 0 saturated heterocycles. The maximum Gasteiger partial charge on any atom is 0.389 e. The van der Waals surface area contributed by atoms with E-state index in [1.54, 1.807) is 10.6 Å². The first-order chi connectivity index (χ1) is 9.87. The second kappa shape index (κ2) is 6.33. The first kappa shape index (κ1) is 15.6. The molecule has 0 aliphatic carbocycles. The van der Waals surface area contributed by atoms with Crippen molar-refractivity contribution < 1.29 is 23.1 Å². The Labute approximate surface area is 122 Å². The molecule has 2 heterocycles. The monoisotopic (exact) mass is 319 g/mol. The number of halogens is 3. The Hall–Kier alpha value is -1.77. The maximum absolute atomic E-state index is 12.2. The average Bonchev–Trinajstić information content (AvgIpc) is 2.73. The first-order valence-corrected chi connectivity index (χ1v) is 7.07. The topological polar surface area (TPSA) is 68.0 Å². The molecule has 2 aromatic rings. The molecule has 0 saturated carbocycles. The highest BCUT2D eigenvalue weighted by Crippen LogP contribution is 2.26. The van der Waals surface area contributed by atoms with E-state index in [1.165, 1.54) is 12.4 Å². The number of hydrogen-bond donors (Lipinski definition) is 1. The van der Waals surface area contributed by atoms with Gasteiger partial charge in [0.2, 0.25) is 0 Å². The van der Waals surface area contributed by atoms with Crippen LogP contribution >= 0.6 is 11.8 Å². The molecule has 0 aliphatic heterocycles. The number of imidazole rings is 1. The molecule has 2 rings (SSSR count). The zero-order valence-electron chi connectivity index (χ0n) is 10.8. The lowest BCUT2D eigenvalue weighted by Crippen LogP contribution is -2.10. The number of alkyl halides is 3. The van der Waals surface area contributed by atoms with Crippen molar-refractivity contribution in [3.05, 3.63) is 18.5 Å². The molecule has 2 aromatic heterocycles. The Balaban J connectivity index is 2.21. The van der Waals surface area contributed by atoms with Gasteiger partial charge in [0.25, 0.3) is 0 Å². The third-order valence-corrected chi connectivity index (χ3v) is 3.64. The fourth-order valence-corrected chi connectivity index (χ4v) is 2.61. The molecular weight excluding hydrogens is 307 g/mol. The van der Waals surface area contributed by atoms with Gasteiger partial charge in [-0.1, -0.05) is 11.8 Å². The van der Waals surface area contributed by atoms with Crippen molar-refractivity contribution >= 4 is 28.8 Å². The fraction of sp³-hybridized carbons (Fsp3) is 0.417. The van der Waals surface area contributed by atoms with Crippen molar-refractivity contribution in [2.75, 3.05) is 5.75 Å². The molecule has 114 valence electrons. The van der Waals surface area contributed by atoms with Crippen molar-refractivity contribution in [1.29, 1.82) is 0 Å². The Morgan fingerprint density at radius 1 is 1.43 bits per heavy atom. The SMILES string of the molecule is O=C(O)CSc1nc2cnccc2n1CCCC(F)(F)F. The van der Waals surface area contributed by atoms with E-state index in [2.05, 4.69) is 9.97 Å². The van der Waals surface area contributed by atoms with Crippen LogP contribution in [0.3, 0.4) is 0 Å². The van der Waals surface area contributed by atoms with Crippen LogP contribution in [-0.2, 0) is 11.3 Å². The Kier molecular flexibility index (Phi) is 4.71. The number of fused-ring (bicyclic) bond motifs is 1. The van der Waals surface area contributed by atoms with Crippen LogP contribution in [0.15, 0.2) is 23.6 Å². The molecule has 5 nitrogen and oxygen atoms in total. The highest BCUT2D eigenvalue weighted by molar-refractivity contribution is 7.99. The van der Waals surface area contributed by atoms with Crippen molar-refractivity contribution in [2.24, 2.45) is 0 Å². The third kappa shape index (κ3) is 4.35. The predicted molar refractivity (Wildman–Crippen MR) is 71.2 cm³/mol. The third-order valence-electron chi connectivity index (χ3n) is 2.68. The van der Waals surface area contributed by atoms with E-state index >= 15 is 0 Å². The predicted octanol–water partition coefficient (Wildman–Crippen LogP) is 2.95. The van der Waals surface area contributed by atoms with Gasteiger partial charge in [0.1, 0.15) is 5.52 Å². The number of aromatic nitrogens is 3. The molecule has 9 heteroatoms. The van der Waals surface area contributed by atoms with Crippen LogP contribution in [0.4, 0.5) is 13.2 Å². The van der Waals surface area contributed by atoms with Crippen LogP contribution in [0.2, 0.25) is 0 Å². The summed E-state index contributed by atoms with van der Waals surface area (Å²) in [7, 11) is 0. The highest BCUT2D eigenvalue weighted by atomic mass is 32.2. The van der Waals surface area contributed by atoms with Gasteiger partial charge >= 0.3 is 12.1 Å². The van der Waals surface area contributed by atoms with Crippen LogP contribution in [-0.4, -0.2) is 37.5 Å². The summed E-state index contributed by atoms with van der Waals surface area (Å²) in [6.45, 7) is 0.127. The minimum Gasteiger partial charge on any atom is -0.481 e. The van der Waals surface area contributed by atoms with Gasteiger partial charge in [-0.15, -0.1) is 0 Å². The van der Waals surface area contributed by atoms with Crippen LogP contribution < -0.4 is 0 Å². The Morgan fingerprint density at radius 2 is 2.19 bits per heavy atom. The second-order valence-electron chi connectivity index (χ2n) is 4.31. The van der Waals surface area contributed by atoms with Crippen molar-refractivity contribution in [2.45, 2.75) is 30.7 Å². The molecule has 0 unspecified atom stereocenters. The summed E-state index contributed by atoms with van der Waals surface area (Å²) < 4.78 is 38.3. The van der Waals surface area contributed by atoms with Crippen LogP contribution in [0.25, 0.3) is 11.0 Å². The van der Waals surface area contributed by atoms with Gasteiger partial charge in [-0.05, 0) is 12.5 Å². The maximum atomic E-state index is 12.2. The summed E-state index contributed by atoms with van der Waals surface area (Å²) in [5.74, 6) is -1.21. The number of pyridine rings is 1. The molecular formula is C12H12F3N3O2S. The summed E-state index contributed by atoms with van der Waals surface area (Å²) in [4.78, 5) is 18.7. The van der Waals surface area contributed by atoms with Crippen LogP contribution in [0.5, 0.6) is 0 Å². The van der Waals surface area contributed by atoms with Crippen molar-refractivity contribution in [3.8, 4) is 0 Å². The molecule has 0 amide bonds. The Morgan fingerprint density at radius 3 is 2.86 bits per heavy atom. The molecule has 1 N–H and O–H groups in total. The minimum atomic E-state index is -4.20. The number of carboxylic acid groups (broad SMARTS) is 1. The second-order valence-corrected chi connectivity index (χ2v) is 5.25. The van der Waals surface area contributed by atoms with Gasteiger partial charge < -0.3 is 9.67 Å². The van der Waals surface area contributed by atoms with Gasteiger partial charge in [0.05, 0.1) is 17.5 Å². The quantitative estimate of drug-likeness (QED) is 0.829. The molecule has 21 heavy (non-hydrogen) atoms. The summed E-state index contributed by atoms with van der Waals surface area (Å²) in [6.07, 6.45) is -2.15. The fourth-order valence-electron chi connectivity index (χ4n) is 1.85. The van der Waals surface area contributed by atoms with E-state index in [1.807, 2.05) is 0 Å². The van der Waals surface area contributed by atoms with E-state index in [9.17, 15) is 18.0 Å². The van der Waals surface area contributed by atoms with Gasteiger partial charge in [0, 0.05) is 19.2 Å². The van der Waals surface area contributed by atoms with E-state index in [0.29, 0.717) is 16.2 Å². The highest BCUT2D eigenvalue weighted by Gasteiger charge is 2.26. The number of thioether (sulfide) groups is 1. The van der Waals surface area contributed by atoms with Crippen LogP contribution in [0, 0.1) is 0 Å². The van der Waals surface area contributed by atoms with Crippen molar-refractivity contribution in [3.63, 3.8) is 0 Å². The van der Waals surface area contributed by atoms with E-state index in [4.69, 9.17) is 5.11 Å². The van der Waals surface area contributed by atoms with Crippen molar-refractivity contribution in [1.82, 2.24) is 14.5 Å². The molecule has 0 atom stereocenters. The molecule has 0 bridgehead atoms. The molecule has 0 radical (unpaired) electrons. The number of carbonyl (C=O) groups is 1. The largest absolute Gasteiger partial charge is 0.481 e. The average molecular weight is 319 g/mol. The summed E-state index contributed by atoms with van der Waals surface area (Å²) in [5.41, 5.74) is 1.19. The zero-order chi connectivity index (χ0) is 15.5. The Bertz CT molecular complexity index is 642. The zero-order valence-corrected chi connectivity index (χ0v) is 11.6. The number of nitrogens with zero attached hydrogens (tertiary/aromatic N) is 3. The minimum absolute atomic E-state index is 0.0854. The van der Waals surface area contributed by atoms with Gasteiger partial charge in [-0.2, -0.15) is 13.2 Å². The molecule has 0 aliphatic rings. The normalized spacial score (nSPS) is 12.0. The number of aryl methyl sites for hydroxylation is 1. The van der Waals surface area contributed by atoms with Gasteiger partial charge in [-0.3, -0.25) is 9.78 Å². The number of rotatable bonds is 6. The smallest absolute Gasteiger partial charge is 0.389 e. The number of hydrogen-bond acceptors (Lipinski definition) is 4. The van der Waals surface area contributed by atoms with Gasteiger partial charge in [-0.25, -0.2) is 4.98 Å². The first-order valence-electron chi connectivity index (χ1n) is 6.08. The van der Waals surface area contributed by atoms with E-state index in [-0.39, 0.29) is 18.7 Å². The number of carboxylic acids is 1. The molecule has 0 spiro atoms. The van der Waals surface area contributed by atoms with Crippen LogP contribution in [0.1, 0.15) is 12.8 Å². The lowest BCUT2D eigenvalue weighted by Gasteiger charge is -2.09. The lowest BCUT2D eigenvalue weighted by atomic mass is 10.3. The number of aliphatic carboxylic acids is 1. The summed E-state index contributed by atoms with van der Waals surface area (Å²) >= 11 is 0.982. The standard InChI is InChI=1S/C12H12F3N3O2S/c13-12(14,15)3-1-5-18-9-2-4-16-6-8(9)17-11(18)21-7-10(19)20/h2,4,6H,1,3,5,7H2,(H,19,20). The molecule has 0 aromatic carbocycles.